The van der Waals surface area contributed by atoms with Gasteiger partial charge in [-0.2, -0.15) is 0 Å². The topological polar surface area (TPSA) is 32.3 Å². The van der Waals surface area contributed by atoms with Gasteiger partial charge in [-0.05, 0) is 42.9 Å². The number of hydrogen-bond donors (Lipinski definition) is 1. The second-order valence-electron chi connectivity index (χ2n) is 6.40. The minimum Gasteiger partial charge on any atom is -0.319 e. The van der Waals surface area contributed by atoms with E-state index in [2.05, 4.69) is 19.2 Å². The highest BCUT2D eigenvalue weighted by Crippen LogP contribution is 2.38. The van der Waals surface area contributed by atoms with Crippen molar-refractivity contribution in [2.45, 2.75) is 51.4 Å². The normalized spacial score (nSPS) is 26.0. The van der Waals surface area contributed by atoms with Crippen LogP contribution in [0.4, 0.5) is 8.78 Å². The van der Waals surface area contributed by atoms with Crippen LogP contribution in [0.5, 0.6) is 0 Å². The largest absolute Gasteiger partial charge is 0.319 e. The highest BCUT2D eigenvalue weighted by molar-refractivity contribution is 5.85. The molecule has 1 N–H and O–H groups in total. The molecule has 0 aromatic heterocycles. The molecule has 2 aliphatic rings. The lowest BCUT2D eigenvalue weighted by molar-refractivity contribution is -0.130. The van der Waals surface area contributed by atoms with Crippen LogP contribution >= 0.6 is 0 Å². The van der Waals surface area contributed by atoms with Gasteiger partial charge in [-0.1, -0.05) is 19.9 Å². The van der Waals surface area contributed by atoms with Crippen molar-refractivity contribution in [1.29, 1.82) is 0 Å². The summed E-state index contributed by atoms with van der Waals surface area (Å²) in [4.78, 5) is 14.4. The van der Waals surface area contributed by atoms with E-state index in [1.807, 2.05) is 4.90 Å². The minimum atomic E-state index is -0.871. The van der Waals surface area contributed by atoms with Gasteiger partial charge in [0.2, 0.25) is 5.91 Å². The van der Waals surface area contributed by atoms with E-state index in [9.17, 15) is 13.6 Å². The number of carbonyl (C=O) groups is 1. The van der Waals surface area contributed by atoms with Crippen LogP contribution in [0.15, 0.2) is 18.2 Å². The molecule has 1 aromatic carbocycles. The van der Waals surface area contributed by atoms with E-state index < -0.39 is 11.6 Å². The average molecular weight is 294 g/mol. The maximum absolute atomic E-state index is 13.5. The molecule has 2 unspecified atom stereocenters. The highest BCUT2D eigenvalue weighted by atomic mass is 19.2. The number of nitrogens with one attached hydrogen (secondary N) is 1. The van der Waals surface area contributed by atoms with Crippen LogP contribution in [0.25, 0.3) is 0 Å². The highest BCUT2D eigenvalue weighted by Gasteiger charge is 2.46. The van der Waals surface area contributed by atoms with Crippen LogP contribution in [0, 0.1) is 17.6 Å². The Morgan fingerprint density at radius 2 is 2.00 bits per heavy atom. The van der Waals surface area contributed by atoms with Crippen LogP contribution in [0.1, 0.15) is 44.8 Å². The number of amides is 1. The maximum Gasteiger partial charge on any atom is 0.241 e. The summed E-state index contributed by atoms with van der Waals surface area (Å²) in [6.07, 6.45) is 2.38. The molecule has 1 amide bonds. The van der Waals surface area contributed by atoms with Gasteiger partial charge < -0.3 is 4.90 Å². The first kappa shape index (κ1) is 14.4. The number of benzene rings is 1. The lowest BCUT2D eigenvalue weighted by Crippen LogP contribution is -2.33. The van der Waals surface area contributed by atoms with Gasteiger partial charge in [0.05, 0.1) is 6.04 Å². The molecule has 2 fully saturated rings. The molecule has 1 saturated carbocycles. The Balaban J connectivity index is 1.88. The molecule has 3 rings (SSSR count). The van der Waals surface area contributed by atoms with Crippen LogP contribution < -0.4 is 5.32 Å². The van der Waals surface area contributed by atoms with E-state index in [0.717, 1.165) is 25.3 Å². The first-order valence-electron chi connectivity index (χ1n) is 7.50. The zero-order chi connectivity index (χ0) is 15.1. The minimum absolute atomic E-state index is 0.0842. The molecule has 0 bridgehead atoms. The molecule has 1 aromatic rings. The summed E-state index contributed by atoms with van der Waals surface area (Å²) in [7, 11) is 0. The number of rotatable bonds is 4. The van der Waals surface area contributed by atoms with E-state index in [1.165, 1.54) is 6.07 Å². The smallest absolute Gasteiger partial charge is 0.241 e. The summed E-state index contributed by atoms with van der Waals surface area (Å²) in [5.74, 6) is -1.25. The average Bonchev–Trinajstić information content (AvgIpc) is 3.19. The lowest BCUT2D eigenvalue weighted by atomic mass is 10.0. The Labute approximate surface area is 123 Å². The van der Waals surface area contributed by atoms with Gasteiger partial charge in [-0.25, -0.2) is 8.78 Å². The fraction of sp³-hybridized carbons (Fsp3) is 0.562. The zero-order valence-electron chi connectivity index (χ0n) is 12.3. The Kier molecular flexibility index (Phi) is 3.69. The van der Waals surface area contributed by atoms with Gasteiger partial charge in [0.15, 0.2) is 11.6 Å². The molecule has 114 valence electrons. The third kappa shape index (κ3) is 2.79. The Morgan fingerprint density at radius 1 is 1.29 bits per heavy atom. The Morgan fingerprint density at radius 3 is 2.57 bits per heavy atom. The molecular formula is C16H20F2N2O. The molecule has 2 atom stereocenters. The SMILES string of the molecule is CC(C)CC1NC(c2ccc(F)c(F)c2)N(C2CC2)C1=O. The lowest BCUT2D eigenvalue weighted by Gasteiger charge is -2.24. The predicted octanol–water partition coefficient (Wildman–Crippen LogP) is 2.97. The number of carbonyl (C=O) groups excluding carboxylic acids is 1. The number of nitrogens with zero attached hydrogens (tertiary/aromatic N) is 1. The fourth-order valence-corrected chi connectivity index (χ4v) is 2.97. The van der Waals surface area contributed by atoms with E-state index in [0.29, 0.717) is 11.5 Å². The summed E-state index contributed by atoms with van der Waals surface area (Å²) < 4.78 is 26.6. The van der Waals surface area contributed by atoms with Crippen molar-refractivity contribution in [2.75, 3.05) is 0 Å². The molecule has 0 spiro atoms. The molecule has 1 heterocycles. The summed E-state index contributed by atoms with van der Waals surface area (Å²) in [6, 6.07) is 3.87. The fourth-order valence-electron chi connectivity index (χ4n) is 2.97. The van der Waals surface area contributed by atoms with Crippen molar-refractivity contribution in [3.05, 3.63) is 35.4 Å². The molecule has 5 heteroatoms. The molecule has 3 nitrogen and oxygen atoms in total. The first-order valence-corrected chi connectivity index (χ1v) is 7.50. The van der Waals surface area contributed by atoms with Gasteiger partial charge in [-0.15, -0.1) is 0 Å². The summed E-state index contributed by atoms with van der Waals surface area (Å²) in [5.41, 5.74) is 0.611. The van der Waals surface area contributed by atoms with Crippen LogP contribution in [0.3, 0.4) is 0 Å². The standard InChI is InChI=1S/C16H20F2N2O/c1-9(2)7-14-16(21)20(11-4-5-11)15(19-14)10-3-6-12(17)13(18)8-10/h3,6,8-9,11,14-15,19H,4-5,7H2,1-2H3. The summed E-state index contributed by atoms with van der Waals surface area (Å²) in [6.45, 7) is 4.14. The quantitative estimate of drug-likeness (QED) is 0.926. The van der Waals surface area contributed by atoms with Gasteiger partial charge in [0, 0.05) is 6.04 Å². The molecule has 1 saturated heterocycles. The monoisotopic (exact) mass is 294 g/mol. The van der Waals surface area contributed by atoms with Gasteiger partial charge in [-0.3, -0.25) is 10.1 Å². The first-order chi connectivity index (χ1) is 9.97. The third-order valence-corrected chi connectivity index (χ3v) is 4.10. The van der Waals surface area contributed by atoms with Gasteiger partial charge in [0.25, 0.3) is 0 Å². The predicted molar refractivity (Wildman–Crippen MR) is 75.3 cm³/mol. The van der Waals surface area contributed by atoms with Crippen molar-refractivity contribution in [2.24, 2.45) is 5.92 Å². The number of hydrogen-bond acceptors (Lipinski definition) is 2. The van der Waals surface area contributed by atoms with Crippen LogP contribution in [0.2, 0.25) is 0 Å². The summed E-state index contributed by atoms with van der Waals surface area (Å²) in [5, 5.41) is 3.29. The zero-order valence-corrected chi connectivity index (χ0v) is 12.3. The maximum atomic E-state index is 13.5. The Bertz CT molecular complexity index is 557. The van der Waals surface area contributed by atoms with E-state index >= 15 is 0 Å². The third-order valence-electron chi connectivity index (χ3n) is 4.10. The van der Waals surface area contributed by atoms with Crippen LogP contribution in [-0.4, -0.2) is 22.9 Å². The summed E-state index contributed by atoms with van der Waals surface area (Å²) >= 11 is 0. The molecule has 1 aliphatic heterocycles. The van der Waals surface area contributed by atoms with Crippen molar-refractivity contribution in [1.82, 2.24) is 10.2 Å². The van der Waals surface area contributed by atoms with Crippen molar-refractivity contribution in [3.63, 3.8) is 0 Å². The number of halogens is 2. The van der Waals surface area contributed by atoms with Gasteiger partial charge >= 0.3 is 0 Å². The van der Waals surface area contributed by atoms with E-state index in [4.69, 9.17) is 0 Å². The van der Waals surface area contributed by atoms with Crippen LogP contribution in [-0.2, 0) is 4.79 Å². The van der Waals surface area contributed by atoms with E-state index in [-0.39, 0.29) is 24.2 Å². The van der Waals surface area contributed by atoms with Crippen molar-refractivity contribution in [3.8, 4) is 0 Å². The second-order valence-corrected chi connectivity index (χ2v) is 6.40. The Hall–Kier alpha value is -1.49. The van der Waals surface area contributed by atoms with Crippen molar-refractivity contribution < 1.29 is 13.6 Å². The molecule has 1 aliphatic carbocycles. The van der Waals surface area contributed by atoms with Crippen molar-refractivity contribution >= 4 is 5.91 Å². The molecular weight excluding hydrogens is 274 g/mol. The van der Waals surface area contributed by atoms with E-state index in [1.54, 1.807) is 6.07 Å². The van der Waals surface area contributed by atoms with Gasteiger partial charge in [0.1, 0.15) is 6.17 Å². The molecule has 21 heavy (non-hydrogen) atoms. The second kappa shape index (κ2) is 5.37. The molecule has 0 radical (unpaired) electrons.